The summed E-state index contributed by atoms with van der Waals surface area (Å²) in [5.74, 6) is 1.80. The van der Waals surface area contributed by atoms with Crippen molar-refractivity contribution in [1.29, 1.82) is 5.26 Å². The summed E-state index contributed by atoms with van der Waals surface area (Å²) in [5.41, 5.74) is 1.57. The highest BCUT2D eigenvalue weighted by atomic mass is 32.2. The molecule has 0 atom stereocenters. The van der Waals surface area contributed by atoms with Gasteiger partial charge < -0.3 is 9.64 Å². The van der Waals surface area contributed by atoms with Crippen molar-refractivity contribution in [3.63, 3.8) is 0 Å². The molecule has 0 amide bonds. The largest absolute Gasteiger partial charge is 0.494 e. The molecule has 0 N–H and O–H groups in total. The van der Waals surface area contributed by atoms with E-state index in [1.807, 2.05) is 31.2 Å². The first kappa shape index (κ1) is 17.1. The Balaban J connectivity index is 1.72. The number of ether oxygens (including phenoxy) is 1. The highest BCUT2D eigenvalue weighted by Crippen LogP contribution is 2.27. The molecule has 0 bridgehead atoms. The van der Waals surface area contributed by atoms with Crippen molar-refractivity contribution in [3.8, 4) is 11.8 Å². The van der Waals surface area contributed by atoms with Gasteiger partial charge in [0.2, 0.25) is 0 Å². The van der Waals surface area contributed by atoms with Gasteiger partial charge in [0.25, 0.3) is 0 Å². The van der Waals surface area contributed by atoms with E-state index in [0.717, 1.165) is 34.0 Å². The van der Waals surface area contributed by atoms with Gasteiger partial charge in [-0.15, -0.1) is 11.8 Å². The maximum atomic E-state index is 9.45. The van der Waals surface area contributed by atoms with E-state index < -0.39 is 0 Å². The predicted molar refractivity (Wildman–Crippen MR) is 98.6 cm³/mol. The molecule has 1 saturated heterocycles. The number of rotatable bonds is 6. The lowest BCUT2D eigenvalue weighted by Crippen LogP contribution is -2.31. The summed E-state index contributed by atoms with van der Waals surface area (Å²) in [6.07, 6.45) is 3.98. The second-order valence-corrected chi connectivity index (χ2v) is 7.07. The van der Waals surface area contributed by atoms with Gasteiger partial charge in [0.15, 0.2) is 0 Å². The zero-order chi connectivity index (χ0) is 16.8. The molecule has 2 aromatic rings. The Labute approximate surface area is 147 Å². The summed E-state index contributed by atoms with van der Waals surface area (Å²) < 4.78 is 5.53. The molecule has 1 aliphatic heterocycles. The van der Waals surface area contributed by atoms with E-state index in [9.17, 15) is 5.26 Å². The summed E-state index contributed by atoms with van der Waals surface area (Å²) in [6, 6.07) is 10.1. The summed E-state index contributed by atoms with van der Waals surface area (Å²) in [6.45, 7) is 6.08. The van der Waals surface area contributed by atoms with E-state index in [2.05, 4.69) is 11.0 Å². The second kappa shape index (κ2) is 8.36. The van der Waals surface area contributed by atoms with Crippen LogP contribution in [0.4, 0.5) is 0 Å². The Morgan fingerprint density at radius 1 is 1.25 bits per heavy atom. The van der Waals surface area contributed by atoms with Crippen LogP contribution >= 0.6 is 11.8 Å². The SMILES string of the molecule is CCOc1ccc2nc(SCCN3CCCCC3)c(C#N)cc2c1. The van der Waals surface area contributed by atoms with E-state index in [1.165, 1.54) is 32.4 Å². The number of nitriles is 1. The number of aromatic nitrogens is 1. The van der Waals surface area contributed by atoms with Gasteiger partial charge in [-0.25, -0.2) is 4.98 Å². The third-order valence-electron chi connectivity index (χ3n) is 4.28. The Morgan fingerprint density at radius 3 is 2.83 bits per heavy atom. The van der Waals surface area contributed by atoms with Crippen molar-refractivity contribution < 1.29 is 4.74 Å². The zero-order valence-electron chi connectivity index (χ0n) is 14.1. The van der Waals surface area contributed by atoms with Crippen LogP contribution in [0.25, 0.3) is 10.9 Å². The Kier molecular flexibility index (Phi) is 5.95. The molecule has 2 heterocycles. The van der Waals surface area contributed by atoms with Gasteiger partial charge in [-0.3, -0.25) is 0 Å². The van der Waals surface area contributed by atoms with E-state index in [1.54, 1.807) is 11.8 Å². The number of fused-ring (bicyclic) bond motifs is 1. The minimum atomic E-state index is 0.633. The lowest BCUT2D eigenvalue weighted by atomic mass is 10.1. The van der Waals surface area contributed by atoms with Crippen molar-refractivity contribution in [2.75, 3.05) is 32.0 Å². The molecule has 126 valence electrons. The van der Waals surface area contributed by atoms with Crippen LogP contribution in [0.1, 0.15) is 31.7 Å². The average molecular weight is 341 g/mol. The highest BCUT2D eigenvalue weighted by molar-refractivity contribution is 7.99. The molecule has 0 unspecified atom stereocenters. The number of thioether (sulfide) groups is 1. The molecule has 1 fully saturated rings. The molecule has 1 aromatic carbocycles. The number of pyridine rings is 1. The van der Waals surface area contributed by atoms with Crippen molar-refractivity contribution in [2.24, 2.45) is 0 Å². The van der Waals surface area contributed by atoms with Gasteiger partial charge in [-0.2, -0.15) is 5.26 Å². The number of likely N-dealkylation sites (tertiary alicyclic amines) is 1. The molecule has 0 saturated carbocycles. The Morgan fingerprint density at radius 2 is 2.08 bits per heavy atom. The van der Waals surface area contributed by atoms with Gasteiger partial charge in [0.05, 0.1) is 17.7 Å². The van der Waals surface area contributed by atoms with Gasteiger partial charge in [0.1, 0.15) is 16.8 Å². The van der Waals surface area contributed by atoms with Crippen LogP contribution in [0.5, 0.6) is 5.75 Å². The lowest BCUT2D eigenvalue weighted by molar-refractivity contribution is 0.242. The van der Waals surface area contributed by atoms with Crippen LogP contribution in [0.15, 0.2) is 29.3 Å². The van der Waals surface area contributed by atoms with Crippen LogP contribution in [0.2, 0.25) is 0 Å². The second-order valence-electron chi connectivity index (χ2n) is 5.99. The summed E-state index contributed by atoms with van der Waals surface area (Å²) in [7, 11) is 0. The third kappa shape index (κ3) is 4.19. The molecule has 5 heteroatoms. The smallest absolute Gasteiger partial charge is 0.120 e. The van der Waals surface area contributed by atoms with Crippen LogP contribution < -0.4 is 4.74 Å². The molecule has 4 nitrogen and oxygen atoms in total. The molecule has 3 rings (SSSR count). The van der Waals surface area contributed by atoms with Crippen LogP contribution in [-0.4, -0.2) is 41.9 Å². The maximum Gasteiger partial charge on any atom is 0.120 e. The van der Waals surface area contributed by atoms with Crippen molar-refractivity contribution >= 4 is 22.7 Å². The van der Waals surface area contributed by atoms with Gasteiger partial charge in [-0.05, 0) is 57.1 Å². The quantitative estimate of drug-likeness (QED) is 0.741. The zero-order valence-corrected chi connectivity index (χ0v) is 14.9. The monoisotopic (exact) mass is 341 g/mol. The lowest BCUT2D eigenvalue weighted by Gasteiger charge is -2.26. The number of piperidine rings is 1. The molecular formula is C19H23N3OS. The summed E-state index contributed by atoms with van der Waals surface area (Å²) >= 11 is 1.69. The molecular weight excluding hydrogens is 318 g/mol. The van der Waals surface area contributed by atoms with E-state index in [4.69, 9.17) is 9.72 Å². The fourth-order valence-corrected chi connectivity index (χ4v) is 4.00. The molecule has 1 aromatic heterocycles. The van der Waals surface area contributed by atoms with Gasteiger partial charge in [-0.1, -0.05) is 6.42 Å². The standard InChI is InChI=1S/C19H23N3OS/c1-2-23-17-6-7-18-15(13-17)12-16(14-20)19(21-18)24-11-10-22-8-4-3-5-9-22/h6-7,12-13H,2-5,8-11H2,1H3. The fraction of sp³-hybridized carbons (Fsp3) is 0.474. The van der Waals surface area contributed by atoms with Gasteiger partial charge in [0, 0.05) is 17.7 Å². The molecule has 0 radical (unpaired) electrons. The van der Waals surface area contributed by atoms with Crippen LogP contribution in [-0.2, 0) is 0 Å². The van der Waals surface area contributed by atoms with Gasteiger partial charge >= 0.3 is 0 Å². The minimum absolute atomic E-state index is 0.633. The Hall–Kier alpha value is -1.77. The van der Waals surface area contributed by atoms with E-state index in [-0.39, 0.29) is 0 Å². The highest BCUT2D eigenvalue weighted by Gasteiger charge is 2.12. The maximum absolute atomic E-state index is 9.45. The number of hydrogen-bond acceptors (Lipinski definition) is 5. The minimum Gasteiger partial charge on any atom is -0.494 e. The number of nitrogens with zero attached hydrogens (tertiary/aromatic N) is 3. The van der Waals surface area contributed by atoms with Crippen molar-refractivity contribution in [1.82, 2.24) is 9.88 Å². The first-order valence-corrected chi connectivity index (χ1v) is 9.61. The molecule has 0 spiro atoms. The predicted octanol–water partition coefficient (Wildman–Crippen LogP) is 4.08. The fourth-order valence-electron chi connectivity index (χ4n) is 3.04. The number of benzene rings is 1. The summed E-state index contributed by atoms with van der Waals surface area (Å²) in [5, 5.41) is 11.2. The van der Waals surface area contributed by atoms with Crippen molar-refractivity contribution in [2.45, 2.75) is 31.2 Å². The van der Waals surface area contributed by atoms with E-state index >= 15 is 0 Å². The Bertz CT molecular complexity index is 735. The number of hydrogen-bond donors (Lipinski definition) is 0. The topological polar surface area (TPSA) is 49.1 Å². The molecule has 24 heavy (non-hydrogen) atoms. The molecule has 1 aliphatic rings. The first-order chi connectivity index (χ1) is 11.8. The summed E-state index contributed by atoms with van der Waals surface area (Å²) in [4.78, 5) is 7.21. The first-order valence-electron chi connectivity index (χ1n) is 8.63. The van der Waals surface area contributed by atoms with Crippen molar-refractivity contribution in [3.05, 3.63) is 29.8 Å². The van der Waals surface area contributed by atoms with E-state index in [0.29, 0.717) is 12.2 Å². The van der Waals surface area contributed by atoms with Crippen LogP contribution in [0.3, 0.4) is 0 Å². The third-order valence-corrected chi connectivity index (χ3v) is 5.25. The average Bonchev–Trinajstić information content (AvgIpc) is 2.62. The molecule has 0 aliphatic carbocycles. The normalized spacial score (nSPS) is 15.3. The van der Waals surface area contributed by atoms with Crippen LogP contribution in [0, 0.1) is 11.3 Å².